The number of benzene rings is 1. The second-order valence-corrected chi connectivity index (χ2v) is 8.14. The monoisotopic (exact) mass is 367 g/mol. The Hall–Kier alpha value is -2.35. The van der Waals surface area contributed by atoms with E-state index in [0.29, 0.717) is 23.3 Å². The van der Waals surface area contributed by atoms with Gasteiger partial charge in [-0.15, -0.1) is 0 Å². The first-order valence-electron chi connectivity index (χ1n) is 10.0. The van der Waals surface area contributed by atoms with Gasteiger partial charge in [-0.25, -0.2) is 4.98 Å². The van der Waals surface area contributed by atoms with Crippen molar-refractivity contribution in [2.45, 2.75) is 66.0 Å². The minimum atomic E-state index is -0.196. The lowest BCUT2D eigenvalue weighted by Gasteiger charge is -2.36. The molecular weight excluding hydrogens is 338 g/mol. The number of nitriles is 1. The van der Waals surface area contributed by atoms with E-state index in [2.05, 4.69) is 31.8 Å². The highest BCUT2D eigenvalue weighted by Gasteiger charge is 2.33. The van der Waals surface area contributed by atoms with Crippen molar-refractivity contribution in [3.8, 4) is 6.07 Å². The lowest BCUT2D eigenvalue weighted by molar-refractivity contribution is -0.156. The van der Waals surface area contributed by atoms with Gasteiger partial charge in [-0.2, -0.15) is 5.26 Å². The molecule has 0 saturated heterocycles. The SMILES string of the molecule is CCc1nc2cc(C#N)ccc2n1CC(=O)O[C@@H]1C[C@H](C)CC[C@H]1C(C)C. The Morgan fingerprint density at radius 1 is 1.41 bits per heavy atom. The van der Waals surface area contributed by atoms with Crippen LogP contribution in [0.25, 0.3) is 11.0 Å². The summed E-state index contributed by atoms with van der Waals surface area (Å²) >= 11 is 0. The van der Waals surface area contributed by atoms with Gasteiger partial charge in [0, 0.05) is 6.42 Å². The molecule has 2 aromatic rings. The van der Waals surface area contributed by atoms with Crippen LogP contribution in [-0.4, -0.2) is 21.6 Å². The third-order valence-corrected chi connectivity index (χ3v) is 5.80. The maximum atomic E-state index is 12.8. The van der Waals surface area contributed by atoms with Gasteiger partial charge in [-0.1, -0.05) is 34.1 Å². The number of aromatic nitrogens is 2. The van der Waals surface area contributed by atoms with Gasteiger partial charge in [-0.05, 0) is 48.8 Å². The Balaban J connectivity index is 1.80. The Morgan fingerprint density at radius 3 is 2.85 bits per heavy atom. The quantitative estimate of drug-likeness (QED) is 0.731. The van der Waals surface area contributed by atoms with Crippen molar-refractivity contribution >= 4 is 17.0 Å². The van der Waals surface area contributed by atoms with Crippen LogP contribution in [0.3, 0.4) is 0 Å². The lowest BCUT2D eigenvalue weighted by Crippen LogP contribution is -2.36. The minimum absolute atomic E-state index is 0.00584. The molecular formula is C22H29N3O2. The van der Waals surface area contributed by atoms with E-state index in [9.17, 15) is 4.79 Å². The zero-order valence-electron chi connectivity index (χ0n) is 16.7. The van der Waals surface area contributed by atoms with Crippen LogP contribution >= 0.6 is 0 Å². The second-order valence-electron chi connectivity index (χ2n) is 8.14. The van der Waals surface area contributed by atoms with E-state index in [4.69, 9.17) is 10.00 Å². The van der Waals surface area contributed by atoms with Crippen molar-refractivity contribution in [3.63, 3.8) is 0 Å². The minimum Gasteiger partial charge on any atom is -0.461 e. The number of carbonyl (C=O) groups excluding carboxylic acids is 1. The van der Waals surface area contributed by atoms with E-state index in [1.807, 2.05) is 17.6 Å². The smallest absolute Gasteiger partial charge is 0.326 e. The molecule has 3 rings (SSSR count). The van der Waals surface area contributed by atoms with Crippen LogP contribution in [0.1, 0.15) is 58.3 Å². The lowest BCUT2D eigenvalue weighted by atomic mass is 9.75. The van der Waals surface area contributed by atoms with Crippen LogP contribution in [0, 0.1) is 29.1 Å². The second kappa shape index (κ2) is 8.12. The first kappa shape index (κ1) is 19.4. The van der Waals surface area contributed by atoms with Crippen molar-refractivity contribution in [1.82, 2.24) is 9.55 Å². The summed E-state index contributed by atoms with van der Waals surface area (Å²) in [6.07, 6.45) is 4.02. The van der Waals surface area contributed by atoms with Gasteiger partial charge in [0.25, 0.3) is 0 Å². The number of ether oxygens (including phenoxy) is 1. The number of aryl methyl sites for hydroxylation is 1. The Kier molecular flexibility index (Phi) is 5.84. The van der Waals surface area contributed by atoms with Crippen LogP contribution in [0.2, 0.25) is 0 Å². The summed E-state index contributed by atoms with van der Waals surface area (Å²) in [5, 5.41) is 9.09. The molecule has 0 amide bonds. The van der Waals surface area contributed by atoms with E-state index in [-0.39, 0.29) is 18.6 Å². The highest BCUT2D eigenvalue weighted by molar-refractivity contribution is 5.80. The van der Waals surface area contributed by atoms with Crippen LogP contribution < -0.4 is 0 Å². The first-order chi connectivity index (χ1) is 12.9. The molecule has 5 nitrogen and oxygen atoms in total. The normalized spacial score (nSPS) is 22.7. The number of imidazole rings is 1. The molecule has 144 valence electrons. The average molecular weight is 367 g/mol. The van der Waals surface area contributed by atoms with Gasteiger partial charge in [0.05, 0.1) is 22.7 Å². The predicted molar refractivity (Wildman–Crippen MR) is 105 cm³/mol. The molecule has 1 saturated carbocycles. The van der Waals surface area contributed by atoms with Crippen LogP contribution in [-0.2, 0) is 22.5 Å². The summed E-state index contributed by atoms with van der Waals surface area (Å²) in [6, 6.07) is 7.55. The van der Waals surface area contributed by atoms with Gasteiger partial charge in [0.1, 0.15) is 18.5 Å². The fourth-order valence-electron chi connectivity index (χ4n) is 4.28. The Labute approximate surface area is 161 Å². The standard InChI is InChI=1S/C22H29N3O2/c1-5-21-24-18-11-16(12-23)7-9-19(18)25(21)13-22(26)27-20-10-15(4)6-8-17(20)14(2)3/h7,9,11,14-15,17,20H,5-6,8,10,13H2,1-4H3/t15-,17+,20-/m1/s1. The highest BCUT2D eigenvalue weighted by Crippen LogP contribution is 2.35. The molecule has 1 aromatic carbocycles. The van der Waals surface area contributed by atoms with Crippen molar-refractivity contribution in [2.75, 3.05) is 0 Å². The molecule has 0 N–H and O–H groups in total. The van der Waals surface area contributed by atoms with Gasteiger partial charge in [-0.3, -0.25) is 4.79 Å². The van der Waals surface area contributed by atoms with Crippen molar-refractivity contribution in [1.29, 1.82) is 5.26 Å². The van der Waals surface area contributed by atoms with Crippen LogP contribution in [0.4, 0.5) is 0 Å². The van der Waals surface area contributed by atoms with E-state index in [0.717, 1.165) is 36.1 Å². The highest BCUT2D eigenvalue weighted by atomic mass is 16.5. The summed E-state index contributed by atoms with van der Waals surface area (Å²) in [5.41, 5.74) is 2.21. The Morgan fingerprint density at radius 2 is 2.19 bits per heavy atom. The molecule has 5 heteroatoms. The largest absolute Gasteiger partial charge is 0.461 e. The van der Waals surface area contributed by atoms with E-state index in [1.165, 1.54) is 6.42 Å². The van der Waals surface area contributed by atoms with Gasteiger partial charge in [0.2, 0.25) is 0 Å². The van der Waals surface area contributed by atoms with E-state index >= 15 is 0 Å². The number of hydrogen-bond acceptors (Lipinski definition) is 4. The maximum absolute atomic E-state index is 12.8. The predicted octanol–water partition coefficient (Wildman–Crippen LogP) is 4.47. The topological polar surface area (TPSA) is 67.9 Å². The summed E-state index contributed by atoms with van der Waals surface area (Å²) in [4.78, 5) is 17.4. The van der Waals surface area contributed by atoms with Crippen molar-refractivity contribution in [3.05, 3.63) is 29.6 Å². The summed E-state index contributed by atoms with van der Waals surface area (Å²) < 4.78 is 7.89. The van der Waals surface area contributed by atoms with E-state index in [1.54, 1.807) is 12.1 Å². The molecule has 27 heavy (non-hydrogen) atoms. The molecule has 1 fully saturated rings. The molecule has 0 spiro atoms. The van der Waals surface area contributed by atoms with Crippen molar-refractivity contribution < 1.29 is 9.53 Å². The van der Waals surface area contributed by atoms with Crippen LogP contribution in [0.15, 0.2) is 18.2 Å². The summed E-state index contributed by atoms with van der Waals surface area (Å²) in [7, 11) is 0. The third kappa shape index (κ3) is 4.16. The Bertz CT molecular complexity index is 862. The zero-order valence-corrected chi connectivity index (χ0v) is 16.7. The first-order valence-corrected chi connectivity index (χ1v) is 10.0. The third-order valence-electron chi connectivity index (χ3n) is 5.80. The number of esters is 1. The van der Waals surface area contributed by atoms with E-state index < -0.39 is 0 Å². The maximum Gasteiger partial charge on any atom is 0.326 e. The number of fused-ring (bicyclic) bond motifs is 1. The van der Waals surface area contributed by atoms with Gasteiger partial charge >= 0.3 is 5.97 Å². The number of nitrogens with zero attached hydrogens (tertiary/aromatic N) is 3. The zero-order chi connectivity index (χ0) is 19.6. The summed E-state index contributed by atoms with van der Waals surface area (Å²) in [6.45, 7) is 8.86. The molecule has 1 heterocycles. The van der Waals surface area contributed by atoms with Crippen molar-refractivity contribution in [2.24, 2.45) is 17.8 Å². The fourth-order valence-corrected chi connectivity index (χ4v) is 4.28. The number of rotatable bonds is 5. The number of carbonyl (C=O) groups is 1. The molecule has 0 unspecified atom stereocenters. The molecule has 0 aliphatic heterocycles. The molecule has 3 atom stereocenters. The molecule has 1 aliphatic rings. The summed E-state index contributed by atoms with van der Waals surface area (Å²) in [5.74, 6) is 2.20. The molecule has 1 aromatic heterocycles. The van der Waals surface area contributed by atoms with Crippen LogP contribution in [0.5, 0.6) is 0 Å². The molecule has 0 bridgehead atoms. The fraction of sp³-hybridized carbons (Fsp3) is 0.591. The molecule has 1 aliphatic carbocycles. The number of hydrogen-bond donors (Lipinski definition) is 0. The van der Waals surface area contributed by atoms with Gasteiger partial charge in [0.15, 0.2) is 0 Å². The molecule has 0 radical (unpaired) electrons. The average Bonchev–Trinajstić information content (AvgIpc) is 2.98. The van der Waals surface area contributed by atoms with Gasteiger partial charge < -0.3 is 9.30 Å².